The summed E-state index contributed by atoms with van der Waals surface area (Å²) in [6.07, 6.45) is 1.70. The summed E-state index contributed by atoms with van der Waals surface area (Å²) in [5, 5.41) is 9.21. The zero-order valence-electron chi connectivity index (χ0n) is 12.8. The zero-order valence-corrected chi connectivity index (χ0v) is 12.8. The maximum atomic E-state index is 12.1. The molecule has 0 aromatic heterocycles. The Morgan fingerprint density at radius 3 is 2.20 bits per heavy atom. The van der Waals surface area contributed by atoms with Crippen molar-refractivity contribution in [2.75, 3.05) is 18.2 Å². The molecule has 0 aliphatic carbocycles. The van der Waals surface area contributed by atoms with Crippen molar-refractivity contribution in [1.82, 2.24) is 0 Å². The molecule has 0 atom stereocenters. The number of hydrogen-bond acceptors (Lipinski definition) is 3. The van der Waals surface area contributed by atoms with Crippen molar-refractivity contribution >= 4 is 11.6 Å². The first-order valence-corrected chi connectivity index (χ1v) is 7.18. The molecule has 0 bridgehead atoms. The van der Waals surface area contributed by atoms with E-state index in [2.05, 4.69) is 13.8 Å². The predicted octanol–water partition coefficient (Wildman–Crippen LogP) is 2.52. The van der Waals surface area contributed by atoms with Gasteiger partial charge in [0.05, 0.1) is 11.8 Å². The topological polar surface area (TPSA) is 49.8 Å². The van der Waals surface area contributed by atoms with Crippen LogP contribution in [0.1, 0.15) is 38.8 Å². The Morgan fingerprint density at radius 2 is 1.80 bits per heavy atom. The fourth-order valence-electron chi connectivity index (χ4n) is 2.13. The summed E-state index contributed by atoms with van der Waals surface area (Å²) in [4.78, 5) is 13.6. The minimum atomic E-state index is -0.511. The van der Waals surface area contributed by atoms with E-state index in [-0.39, 0.29) is 18.7 Å². The van der Waals surface area contributed by atoms with Crippen LogP contribution in [0.2, 0.25) is 0 Å². The van der Waals surface area contributed by atoms with E-state index < -0.39 is 6.61 Å². The smallest absolute Gasteiger partial charge is 0.254 e. The second kappa shape index (κ2) is 8.02. The molecule has 20 heavy (non-hydrogen) atoms. The van der Waals surface area contributed by atoms with Crippen LogP contribution in [0.4, 0.5) is 5.69 Å². The summed E-state index contributed by atoms with van der Waals surface area (Å²) in [6.45, 7) is 7.62. The van der Waals surface area contributed by atoms with Gasteiger partial charge in [0.15, 0.2) is 0 Å². The van der Waals surface area contributed by atoms with Crippen LogP contribution < -0.4 is 4.90 Å². The normalized spacial score (nSPS) is 10.9. The maximum absolute atomic E-state index is 12.1. The molecule has 4 nitrogen and oxygen atoms in total. The summed E-state index contributed by atoms with van der Waals surface area (Å²) in [5.41, 5.74) is 3.08. The quantitative estimate of drug-likeness (QED) is 0.780. The van der Waals surface area contributed by atoms with E-state index in [1.165, 1.54) is 0 Å². The van der Waals surface area contributed by atoms with Gasteiger partial charge >= 0.3 is 0 Å². The number of hydrogen-bond donors (Lipinski definition) is 1. The number of rotatable bonds is 7. The molecule has 0 saturated heterocycles. The van der Waals surface area contributed by atoms with Gasteiger partial charge in [-0.15, -0.1) is 0 Å². The lowest BCUT2D eigenvalue weighted by molar-refractivity contribution is -0.122. The number of nitrogens with zero attached hydrogens (tertiary/aromatic N) is 1. The first kappa shape index (κ1) is 16.7. The van der Waals surface area contributed by atoms with Crippen molar-refractivity contribution in [3.63, 3.8) is 0 Å². The third-order valence-electron chi connectivity index (χ3n) is 3.21. The molecule has 1 aromatic rings. The minimum Gasteiger partial charge on any atom is -0.387 e. The van der Waals surface area contributed by atoms with E-state index in [0.29, 0.717) is 0 Å². The molecule has 1 N–H and O–H groups in total. The monoisotopic (exact) mass is 279 g/mol. The van der Waals surface area contributed by atoms with Crippen LogP contribution >= 0.6 is 0 Å². The van der Waals surface area contributed by atoms with Crippen molar-refractivity contribution in [3.05, 3.63) is 29.3 Å². The number of benzene rings is 1. The van der Waals surface area contributed by atoms with Gasteiger partial charge in [0.2, 0.25) is 0 Å². The molecule has 0 spiro atoms. The number of para-hydroxylation sites is 1. The number of carbonyl (C=O) groups is 1. The second-order valence-electron chi connectivity index (χ2n) is 4.96. The molecule has 0 saturated carbocycles. The SMILES string of the molecule is CCc1cccc(CC)c1N(COC(C)C)C(=O)CO. The number of ether oxygens (including phenoxy) is 1. The maximum Gasteiger partial charge on any atom is 0.254 e. The van der Waals surface area contributed by atoms with Crippen molar-refractivity contribution in [2.45, 2.75) is 46.6 Å². The Hall–Kier alpha value is -1.39. The van der Waals surface area contributed by atoms with Crippen LogP contribution in [0.25, 0.3) is 0 Å². The van der Waals surface area contributed by atoms with E-state index >= 15 is 0 Å². The van der Waals surface area contributed by atoms with Crippen molar-refractivity contribution in [3.8, 4) is 0 Å². The first-order chi connectivity index (χ1) is 9.54. The highest BCUT2D eigenvalue weighted by atomic mass is 16.5. The van der Waals surface area contributed by atoms with Gasteiger partial charge in [0.1, 0.15) is 13.3 Å². The molecule has 112 valence electrons. The van der Waals surface area contributed by atoms with Gasteiger partial charge in [-0.1, -0.05) is 32.0 Å². The molecule has 0 heterocycles. The summed E-state index contributed by atoms with van der Waals surface area (Å²) < 4.78 is 5.57. The highest BCUT2D eigenvalue weighted by Crippen LogP contribution is 2.27. The van der Waals surface area contributed by atoms with E-state index in [1.807, 2.05) is 32.0 Å². The summed E-state index contributed by atoms with van der Waals surface area (Å²) in [7, 11) is 0. The molecule has 1 aromatic carbocycles. The Morgan fingerprint density at radius 1 is 1.25 bits per heavy atom. The predicted molar refractivity (Wildman–Crippen MR) is 80.9 cm³/mol. The number of amides is 1. The number of aliphatic hydroxyl groups is 1. The largest absolute Gasteiger partial charge is 0.387 e. The second-order valence-corrected chi connectivity index (χ2v) is 4.96. The van der Waals surface area contributed by atoms with Gasteiger partial charge in [-0.25, -0.2) is 0 Å². The van der Waals surface area contributed by atoms with Crippen LogP contribution in [0.5, 0.6) is 0 Å². The Bertz CT molecular complexity index is 421. The molecule has 0 unspecified atom stereocenters. The van der Waals surface area contributed by atoms with Gasteiger partial charge in [0, 0.05) is 0 Å². The molecule has 1 amide bonds. The molecular formula is C16H25NO3. The molecular weight excluding hydrogens is 254 g/mol. The Labute approximate surface area is 121 Å². The molecule has 1 rings (SSSR count). The summed E-state index contributed by atoms with van der Waals surface area (Å²) in [6, 6.07) is 6.04. The zero-order chi connectivity index (χ0) is 15.1. The van der Waals surface area contributed by atoms with Gasteiger partial charge < -0.3 is 9.84 Å². The van der Waals surface area contributed by atoms with Crippen LogP contribution in [-0.4, -0.2) is 30.5 Å². The summed E-state index contributed by atoms with van der Waals surface area (Å²) in [5.74, 6) is -0.332. The highest BCUT2D eigenvalue weighted by Gasteiger charge is 2.20. The fraction of sp³-hybridized carbons (Fsp3) is 0.562. The average molecular weight is 279 g/mol. The van der Waals surface area contributed by atoms with Crippen molar-refractivity contribution < 1.29 is 14.6 Å². The molecule has 4 heteroatoms. The number of aliphatic hydroxyl groups excluding tert-OH is 1. The average Bonchev–Trinajstić information content (AvgIpc) is 2.46. The van der Waals surface area contributed by atoms with Gasteiger partial charge in [-0.05, 0) is 37.8 Å². The molecule has 0 aliphatic rings. The van der Waals surface area contributed by atoms with Crippen molar-refractivity contribution in [2.24, 2.45) is 0 Å². The van der Waals surface area contributed by atoms with Gasteiger partial charge in [-0.2, -0.15) is 0 Å². The van der Waals surface area contributed by atoms with Gasteiger partial charge in [0.25, 0.3) is 5.91 Å². The number of carbonyl (C=O) groups excluding carboxylic acids is 1. The first-order valence-electron chi connectivity index (χ1n) is 7.18. The minimum absolute atomic E-state index is 0.0304. The lowest BCUT2D eigenvalue weighted by atomic mass is 10.0. The standard InChI is InChI=1S/C16H25NO3/c1-5-13-8-7-9-14(6-2)16(13)17(15(19)10-18)11-20-12(3)4/h7-9,12,18H,5-6,10-11H2,1-4H3. The van der Waals surface area contributed by atoms with Crippen LogP contribution in [0, 0.1) is 0 Å². The van der Waals surface area contributed by atoms with E-state index in [4.69, 9.17) is 4.74 Å². The fourth-order valence-corrected chi connectivity index (χ4v) is 2.13. The molecule has 0 fully saturated rings. The highest BCUT2D eigenvalue weighted by molar-refractivity contribution is 5.95. The summed E-state index contributed by atoms with van der Waals surface area (Å²) >= 11 is 0. The number of aryl methyl sites for hydroxylation is 2. The molecule has 0 radical (unpaired) electrons. The van der Waals surface area contributed by atoms with Crippen LogP contribution in [0.3, 0.4) is 0 Å². The number of anilines is 1. The van der Waals surface area contributed by atoms with Crippen molar-refractivity contribution in [1.29, 1.82) is 0 Å². The van der Waals surface area contributed by atoms with Gasteiger partial charge in [-0.3, -0.25) is 9.69 Å². The van der Waals surface area contributed by atoms with Crippen LogP contribution in [0.15, 0.2) is 18.2 Å². The van der Waals surface area contributed by atoms with E-state index in [1.54, 1.807) is 4.90 Å². The Balaban J connectivity index is 3.20. The Kier molecular flexibility index (Phi) is 6.68. The third kappa shape index (κ3) is 4.05. The molecule has 0 aliphatic heterocycles. The lowest BCUT2D eigenvalue weighted by Gasteiger charge is -2.27. The van der Waals surface area contributed by atoms with E-state index in [9.17, 15) is 9.90 Å². The van der Waals surface area contributed by atoms with Crippen LogP contribution in [-0.2, 0) is 22.4 Å². The third-order valence-corrected chi connectivity index (χ3v) is 3.21. The lowest BCUT2D eigenvalue weighted by Crippen LogP contribution is -2.37. The van der Waals surface area contributed by atoms with E-state index in [0.717, 1.165) is 29.7 Å².